The first kappa shape index (κ1) is 11.3. The molecule has 1 atom stereocenters. The fraction of sp³-hybridized carbons (Fsp3) is 0.900. The Morgan fingerprint density at radius 3 is 2.57 bits per heavy atom. The van der Waals surface area contributed by atoms with Crippen LogP contribution >= 0.6 is 0 Å². The first-order valence-electron chi connectivity index (χ1n) is 5.02. The number of rotatable bonds is 0. The molecule has 0 aliphatic carbocycles. The average Bonchev–Trinajstić information content (AvgIpc) is 2.01. The summed E-state index contributed by atoms with van der Waals surface area (Å²) < 4.78 is 5.17. The molecule has 0 N–H and O–H groups in total. The molecule has 1 aliphatic heterocycles. The Morgan fingerprint density at radius 1 is 1.43 bits per heavy atom. The maximum atomic E-state index is 11.5. The van der Waals surface area contributed by atoms with E-state index in [1.165, 1.54) is 4.90 Å². The van der Waals surface area contributed by atoms with Gasteiger partial charge in [-0.1, -0.05) is 0 Å². The first-order valence-corrected chi connectivity index (χ1v) is 5.02. The van der Waals surface area contributed by atoms with E-state index in [1.807, 2.05) is 20.8 Å². The van der Waals surface area contributed by atoms with Gasteiger partial charge in [0.1, 0.15) is 11.7 Å². The van der Waals surface area contributed by atoms with Crippen LogP contribution in [0, 0.1) is 0 Å². The fourth-order valence-electron chi connectivity index (χ4n) is 1.43. The lowest BCUT2D eigenvalue weighted by molar-refractivity contribution is -0.0125. The largest absolute Gasteiger partial charge is 0.444 e. The molecule has 4 nitrogen and oxygen atoms in total. The summed E-state index contributed by atoms with van der Waals surface area (Å²) in [7, 11) is 0. The Balaban J connectivity index is 2.44. The summed E-state index contributed by atoms with van der Waals surface area (Å²) >= 11 is 0. The molecule has 1 heterocycles. The highest BCUT2D eigenvalue weighted by Gasteiger charge is 2.27. The Kier molecular flexibility index (Phi) is 3.37. The van der Waals surface area contributed by atoms with E-state index in [9.17, 15) is 9.90 Å². The van der Waals surface area contributed by atoms with Gasteiger partial charge in [0.25, 0.3) is 0 Å². The van der Waals surface area contributed by atoms with Gasteiger partial charge in [0, 0.05) is 6.54 Å². The topological polar surface area (TPSA) is 49.4 Å². The smallest absolute Gasteiger partial charge is 0.410 e. The SMILES string of the molecule is CC(C)(C)OC(=O)N1CCCC([O])C1. The summed E-state index contributed by atoms with van der Waals surface area (Å²) in [6.07, 6.45) is 0.446. The van der Waals surface area contributed by atoms with E-state index in [4.69, 9.17) is 4.74 Å². The van der Waals surface area contributed by atoms with Crippen molar-refractivity contribution in [1.29, 1.82) is 0 Å². The molecule has 1 rings (SSSR count). The van der Waals surface area contributed by atoms with Gasteiger partial charge in [-0.15, -0.1) is 0 Å². The van der Waals surface area contributed by atoms with Crippen LogP contribution < -0.4 is 0 Å². The van der Waals surface area contributed by atoms with Gasteiger partial charge in [-0.25, -0.2) is 9.90 Å². The third-order valence-corrected chi connectivity index (χ3v) is 2.03. The average molecular weight is 200 g/mol. The predicted octanol–water partition coefficient (Wildman–Crippen LogP) is 1.82. The molecular formula is C10H18NO3. The number of hydrogen-bond donors (Lipinski definition) is 0. The molecule has 1 aliphatic rings. The van der Waals surface area contributed by atoms with Crippen molar-refractivity contribution in [2.24, 2.45) is 0 Å². The van der Waals surface area contributed by atoms with Gasteiger partial charge in [-0.05, 0) is 33.6 Å². The summed E-state index contributed by atoms with van der Waals surface area (Å²) in [6.45, 7) is 6.40. The van der Waals surface area contributed by atoms with Gasteiger partial charge in [-0.2, -0.15) is 0 Å². The van der Waals surface area contributed by atoms with Crippen LogP contribution in [0.15, 0.2) is 0 Å². The van der Waals surface area contributed by atoms with Crippen LogP contribution in [0.3, 0.4) is 0 Å². The fourth-order valence-corrected chi connectivity index (χ4v) is 1.43. The quantitative estimate of drug-likeness (QED) is 0.598. The van der Waals surface area contributed by atoms with Crippen LogP contribution in [0.2, 0.25) is 0 Å². The second-order valence-electron chi connectivity index (χ2n) is 4.69. The molecule has 0 aromatic rings. The maximum Gasteiger partial charge on any atom is 0.410 e. The van der Waals surface area contributed by atoms with Crippen molar-refractivity contribution in [3.05, 3.63) is 0 Å². The number of carbonyl (C=O) groups is 1. The number of piperidine rings is 1. The Hall–Kier alpha value is -0.770. The van der Waals surface area contributed by atoms with Crippen molar-refractivity contribution in [3.63, 3.8) is 0 Å². The zero-order valence-corrected chi connectivity index (χ0v) is 9.08. The summed E-state index contributed by atoms with van der Waals surface area (Å²) in [5.41, 5.74) is -0.479. The van der Waals surface area contributed by atoms with Crippen LogP contribution in [0.1, 0.15) is 33.6 Å². The summed E-state index contributed by atoms with van der Waals surface area (Å²) in [5, 5.41) is 11.2. The van der Waals surface area contributed by atoms with Crippen LogP contribution in [0.5, 0.6) is 0 Å². The molecular weight excluding hydrogens is 182 g/mol. The highest BCUT2D eigenvalue weighted by molar-refractivity contribution is 5.68. The van der Waals surface area contributed by atoms with E-state index in [0.29, 0.717) is 13.0 Å². The van der Waals surface area contributed by atoms with Crippen molar-refractivity contribution >= 4 is 6.09 Å². The van der Waals surface area contributed by atoms with Crippen LogP contribution in [0.4, 0.5) is 4.79 Å². The summed E-state index contributed by atoms with van der Waals surface area (Å²) in [4.78, 5) is 13.0. The number of amides is 1. The van der Waals surface area contributed by atoms with E-state index in [1.54, 1.807) is 0 Å². The molecule has 1 fully saturated rings. The molecule has 1 unspecified atom stereocenters. The Labute approximate surface area is 84.8 Å². The molecule has 14 heavy (non-hydrogen) atoms. The van der Waals surface area contributed by atoms with Gasteiger partial charge in [0.2, 0.25) is 0 Å². The Bertz CT molecular complexity index is 210. The molecule has 0 aromatic carbocycles. The van der Waals surface area contributed by atoms with Crippen LogP contribution in [-0.2, 0) is 9.84 Å². The van der Waals surface area contributed by atoms with E-state index >= 15 is 0 Å². The normalized spacial score (nSPS) is 23.4. The van der Waals surface area contributed by atoms with Crippen molar-refractivity contribution in [1.82, 2.24) is 4.90 Å². The zero-order valence-electron chi connectivity index (χ0n) is 9.08. The number of likely N-dealkylation sites (tertiary alicyclic amines) is 1. The summed E-state index contributed by atoms with van der Waals surface area (Å²) in [5.74, 6) is 0. The van der Waals surface area contributed by atoms with Gasteiger partial charge in [0.05, 0.1) is 6.54 Å². The van der Waals surface area contributed by atoms with Gasteiger partial charge in [-0.3, -0.25) is 0 Å². The number of ether oxygens (including phenoxy) is 1. The van der Waals surface area contributed by atoms with Crippen molar-refractivity contribution < 1.29 is 14.6 Å². The zero-order chi connectivity index (χ0) is 10.8. The third kappa shape index (κ3) is 3.54. The van der Waals surface area contributed by atoms with Crippen molar-refractivity contribution in [3.8, 4) is 0 Å². The number of nitrogens with zero attached hydrogens (tertiary/aromatic N) is 1. The van der Waals surface area contributed by atoms with Crippen molar-refractivity contribution in [2.75, 3.05) is 13.1 Å². The lowest BCUT2D eigenvalue weighted by atomic mass is 10.1. The first-order chi connectivity index (χ1) is 6.38. The maximum absolute atomic E-state index is 11.5. The van der Waals surface area contributed by atoms with Gasteiger partial charge >= 0.3 is 6.09 Å². The van der Waals surface area contributed by atoms with Gasteiger partial charge < -0.3 is 9.64 Å². The molecule has 0 saturated carbocycles. The van der Waals surface area contributed by atoms with E-state index in [-0.39, 0.29) is 12.6 Å². The minimum Gasteiger partial charge on any atom is -0.444 e. The standard InChI is InChI=1S/C10H18NO3/c1-10(2,3)14-9(13)11-6-4-5-8(12)7-11/h8H,4-7H2,1-3H3. The minimum atomic E-state index is -0.642. The highest BCUT2D eigenvalue weighted by Crippen LogP contribution is 2.15. The molecule has 0 spiro atoms. The van der Waals surface area contributed by atoms with Gasteiger partial charge in [0.15, 0.2) is 0 Å². The lowest BCUT2D eigenvalue weighted by Gasteiger charge is -2.31. The lowest BCUT2D eigenvalue weighted by Crippen LogP contribution is -2.44. The molecule has 0 aromatic heterocycles. The number of hydrogen-bond acceptors (Lipinski definition) is 2. The molecule has 1 amide bonds. The molecule has 1 saturated heterocycles. The minimum absolute atomic E-state index is 0.287. The molecule has 4 heteroatoms. The summed E-state index contributed by atoms with van der Waals surface area (Å²) in [6, 6.07) is 0. The molecule has 1 radical (unpaired) electrons. The second kappa shape index (κ2) is 4.17. The predicted molar refractivity (Wildman–Crippen MR) is 51.5 cm³/mol. The second-order valence-corrected chi connectivity index (χ2v) is 4.69. The van der Waals surface area contributed by atoms with E-state index in [0.717, 1.165) is 6.42 Å². The Morgan fingerprint density at radius 2 is 2.07 bits per heavy atom. The van der Waals surface area contributed by atoms with E-state index in [2.05, 4.69) is 0 Å². The highest BCUT2D eigenvalue weighted by atomic mass is 16.6. The third-order valence-electron chi connectivity index (χ3n) is 2.03. The van der Waals surface area contributed by atoms with Crippen LogP contribution in [0.25, 0.3) is 0 Å². The molecule has 81 valence electrons. The van der Waals surface area contributed by atoms with Crippen LogP contribution in [-0.4, -0.2) is 35.8 Å². The monoisotopic (exact) mass is 200 g/mol. The van der Waals surface area contributed by atoms with Crippen molar-refractivity contribution in [2.45, 2.75) is 45.3 Å². The number of carbonyl (C=O) groups excluding carboxylic acids is 1. The van der Waals surface area contributed by atoms with E-state index < -0.39 is 11.7 Å². The molecule has 0 bridgehead atoms.